The van der Waals surface area contributed by atoms with E-state index in [1.165, 1.54) is 0 Å². The van der Waals surface area contributed by atoms with Crippen LogP contribution in [-0.4, -0.2) is 18.1 Å². The minimum Gasteiger partial charge on any atom is -0.366 e. The lowest BCUT2D eigenvalue weighted by molar-refractivity contribution is -0.114. The molecule has 0 aromatic carbocycles. The zero-order chi connectivity index (χ0) is 7.72. The third-order valence-electron chi connectivity index (χ3n) is 1.56. The molecule has 2 N–H and O–H groups in total. The summed E-state index contributed by atoms with van der Waals surface area (Å²) in [7, 11) is 0. The molecule has 1 saturated heterocycles. The molecular weight excluding hydrogens is 130 g/mol. The van der Waals surface area contributed by atoms with E-state index in [0.29, 0.717) is 5.57 Å². The van der Waals surface area contributed by atoms with Crippen LogP contribution in [0.5, 0.6) is 0 Å². The van der Waals surface area contributed by atoms with Gasteiger partial charge in [0.05, 0.1) is 6.10 Å². The molecule has 0 bridgehead atoms. The maximum atomic E-state index is 10.5. The number of rotatable bonds is 2. The van der Waals surface area contributed by atoms with Crippen LogP contribution in [0.25, 0.3) is 0 Å². The van der Waals surface area contributed by atoms with E-state index in [1.807, 2.05) is 6.92 Å². The number of amides is 1. The lowest BCUT2D eigenvalue weighted by Gasteiger charge is -1.89. The number of carbonyl (C=O) groups is 1. The Balaban J connectivity index is 2.47. The predicted molar refractivity (Wildman–Crippen MR) is 37.3 cm³/mol. The van der Waals surface area contributed by atoms with E-state index < -0.39 is 0 Å². The number of hydrogen-bond acceptors (Lipinski definition) is 2. The SMILES string of the molecule is CC(=CC1OC1C)C(N)=O. The number of ether oxygens (including phenoxy) is 1. The molecule has 3 nitrogen and oxygen atoms in total. The van der Waals surface area contributed by atoms with Crippen molar-refractivity contribution in [1.29, 1.82) is 0 Å². The summed E-state index contributed by atoms with van der Waals surface area (Å²) in [5, 5.41) is 0. The Labute approximate surface area is 59.8 Å². The van der Waals surface area contributed by atoms with E-state index in [1.54, 1.807) is 13.0 Å². The number of carbonyl (C=O) groups excluding carboxylic acids is 1. The van der Waals surface area contributed by atoms with Crippen molar-refractivity contribution in [2.75, 3.05) is 0 Å². The summed E-state index contributed by atoms with van der Waals surface area (Å²) in [6.07, 6.45) is 2.13. The van der Waals surface area contributed by atoms with Gasteiger partial charge in [-0.25, -0.2) is 0 Å². The molecule has 1 heterocycles. The van der Waals surface area contributed by atoms with Crippen LogP contribution in [0.4, 0.5) is 0 Å². The van der Waals surface area contributed by atoms with Gasteiger partial charge >= 0.3 is 0 Å². The largest absolute Gasteiger partial charge is 0.366 e. The Hall–Kier alpha value is -0.830. The van der Waals surface area contributed by atoms with Gasteiger partial charge < -0.3 is 10.5 Å². The van der Waals surface area contributed by atoms with Gasteiger partial charge in [0, 0.05) is 5.57 Å². The fourth-order valence-corrected chi connectivity index (χ4v) is 0.706. The summed E-state index contributed by atoms with van der Waals surface area (Å²) in [5.74, 6) is -0.372. The maximum Gasteiger partial charge on any atom is 0.244 e. The standard InChI is InChI=1S/C7H11NO2/c1-4(7(8)9)3-6-5(2)10-6/h3,5-6H,1-2H3,(H2,8,9). The number of epoxide rings is 1. The molecule has 10 heavy (non-hydrogen) atoms. The first-order chi connectivity index (χ1) is 4.61. The topological polar surface area (TPSA) is 55.6 Å². The first-order valence-electron chi connectivity index (χ1n) is 3.25. The highest BCUT2D eigenvalue weighted by atomic mass is 16.6. The van der Waals surface area contributed by atoms with Crippen molar-refractivity contribution >= 4 is 5.91 Å². The average Bonchev–Trinajstić information content (AvgIpc) is 2.46. The molecule has 0 radical (unpaired) electrons. The van der Waals surface area contributed by atoms with Crippen molar-refractivity contribution in [2.45, 2.75) is 26.1 Å². The van der Waals surface area contributed by atoms with Gasteiger partial charge in [0.15, 0.2) is 0 Å². The van der Waals surface area contributed by atoms with Crippen molar-refractivity contribution in [3.05, 3.63) is 11.6 Å². The molecule has 0 aliphatic carbocycles. The normalized spacial score (nSPS) is 32.0. The first-order valence-corrected chi connectivity index (χ1v) is 3.25. The second kappa shape index (κ2) is 2.42. The number of primary amides is 1. The van der Waals surface area contributed by atoms with Crippen LogP contribution in [0.1, 0.15) is 13.8 Å². The van der Waals surface area contributed by atoms with Crippen LogP contribution < -0.4 is 5.73 Å². The molecule has 0 aromatic heterocycles. The van der Waals surface area contributed by atoms with Gasteiger partial charge in [0.1, 0.15) is 6.10 Å². The molecule has 0 spiro atoms. The second-order valence-electron chi connectivity index (χ2n) is 2.52. The quantitative estimate of drug-likeness (QED) is 0.441. The highest BCUT2D eigenvalue weighted by molar-refractivity contribution is 5.91. The molecule has 1 aliphatic heterocycles. The number of nitrogens with two attached hydrogens (primary N) is 1. The van der Waals surface area contributed by atoms with Gasteiger partial charge in [-0.2, -0.15) is 0 Å². The van der Waals surface area contributed by atoms with E-state index in [2.05, 4.69) is 0 Å². The average molecular weight is 141 g/mol. The number of hydrogen-bond donors (Lipinski definition) is 1. The van der Waals surface area contributed by atoms with Gasteiger partial charge in [-0.15, -0.1) is 0 Å². The molecule has 56 valence electrons. The van der Waals surface area contributed by atoms with E-state index in [-0.39, 0.29) is 18.1 Å². The van der Waals surface area contributed by atoms with Gasteiger partial charge in [-0.05, 0) is 19.9 Å². The van der Waals surface area contributed by atoms with Gasteiger partial charge in [0.2, 0.25) is 5.91 Å². The fraction of sp³-hybridized carbons (Fsp3) is 0.571. The Morgan fingerprint density at radius 3 is 2.50 bits per heavy atom. The van der Waals surface area contributed by atoms with Gasteiger partial charge in [0.25, 0.3) is 0 Å². The summed E-state index contributed by atoms with van der Waals surface area (Å²) in [5.41, 5.74) is 5.57. The highest BCUT2D eigenvalue weighted by Crippen LogP contribution is 2.23. The van der Waals surface area contributed by atoms with Crippen LogP contribution in [-0.2, 0) is 9.53 Å². The molecule has 3 heteroatoms. The summed E-state index contributed by atoms with van der Waals surface area (Å²) >= 11 is 0. The van der Waals surface area contributed by atoms with Gasteiger partial charge in [-0.1, -0.05) is 0 Å². The molecule has 0 saturated carbocycles. The Kier molecular flexibility index (Phi) is 1.76. The third kappa shape index (κ3) is 1.57. The van der Waals surface area contributed by atoms with Crippen LogP contribution in [0, 0.1) is 0 Å². The molecule has 1 aliphatic rings. The monoisotopic (exact) mass is 141 g/mol. The van der Waals surface area contributed by atoms with Crippen LogP contribution in [0.3, 0.4) is 0 Å². The van der Waals surface area contributed by atoms with Crippen LogP contribution in [0.2, 0.25) is 0 Å². The van der Waals surface area contributed by atoms with Crippen LogP contribution >= 0.6 is 0 Å². The summed E-state index contributed by atoms with van der Waals surface area (Å²) in [6.45, 7) is 3.65. The molecule has 1 amide bonds. The smallest absolute Gasteiger partial charge is 0.244 e. The molecule has 2 atom stereocenters. The fourth-order valence-electron chi connectivity index (χ4n) is 0.706. The summed E-state index contributed by atoms with van der Waals surface area (Å²) < 4.78 is 5.05. The minimum absolute atomic E-state index is 0.118. The molecule has 1 rings (SSSR count). The summed E-state index contributed by atoms with van der Waals surface area (Å²) in [6, 6.07) is 0. The van der Waals surface area contributed by atoms with E-state index in [0.717, 1.165) is 0 Å². The Morgan fingerprint density at radius 2 is 2.20 bits per heavy atom. The first kappa shape index (κ1) is 7.28. The Bertz CT molecular complexity index is 186. The molecule has 1 fully saturated rings. The van der Waals surface area contributed by atoms with E-state index in [9.17, 15) is 4.79 Å². The van der Waals surface area contributed by atoms with E-state index in [4.69, 9.17) is 10.5 Å². The maximum absolute atomic E-state index is 10.5. The second-order valence-corrected chi connectivity index (χ2v) is 2.52. The van der Waals surface area contributed by atoms with Crippen molar-refractivity contribution in [2.24, 2.45) is 5.73 Å². The van der Waals surface area contributed by atoms with Crippen molar-refractivity contribution in [3.8, 4) is 0 Å². The highest BCUT2D eigenvalue weighted by Gasteiger charge is 2.32. The van der Waals surface area contributed by atoms with E-state index >= 15 is 0 Å². The molecule has 2 unspecified atom stereocenters. The lowest BCUT2D eigenvalue weighted by Crippen LogP contribution is -2.12. The van der Waals surface area contributed by atoms with Crippen molar-refractivity contribution in [1.82, 2.24) is 0 Å². The molecule has 0 aromatic rings. The zero-order valence-corrected chi connectivity index (χ0v) is 6.13. The summed E-state index contributed by atoms with van der Waals surface area (Å²) in [4.78, 5) is 10.5. The lowest BCUT2D eigenvalue weighted by atomic mass is 10.2. The van der Waals surface area contributed by atoms with Gasteiger partial charge in [-0.3, -0.25) is 4.79 Å². The van der Waals surface area contributed by atoms with Crippen LogP contribution in [0.15, 0.2) is 11.6 Å². The zero-order valence-electron chi connectivity index (χ0n) is 6.13. The minimum atomic E-state index is -0.372. The van der Waals surface area contributed by atoms with Crippen molar-refractivity contribution < 1.29 is 9.53 Å². The third-order valence-corrected chi connectivity index (χ3v) is 1.56. The Morgan fingerprint density at radius 1 is 1.70 bits per heavy atom. The molecular formula is C7H11NO2. The predicted octanol–water partition coefficient (Wildman–Crippen LogP) is 0.205. The van der Waals surface area contributed by atoms with Crippen molar-refractivity contribution in [3.63, 3.8) is 0 Å².